The molecule has 2 rings (SSSR count). The van der Waals surface area contributed by atoms with Gasteiger partial charge in [0, 0.05) is 37.6 Å². The van der Waals surface area contributed by atoms with Crippen LogP contribution in [0.3, 0.4) is 0 Å². The van der Waals surface area contributed by atoms with Crippen LogP contribution in [-0.2, 0) is 4.79 Å². The molecule has 136 valence electrons. The van der Waals surface area contributed by atoms with E-state index in [-0.39, 0.29) is 36.3 Å². The number of nitro groups is 1. The number of nitro benzene ring substituents is 1. The molecule has 0 saturated carbocycles. The second-order valence-corrected chi connectivity index (χ2v) is 5.96. The number of Topliss-reactive ketones (excluding diaryl/α,β-unsaturated/α-hetero) is 1. The van der Waals surface area contributed by atoms with Gasteiger partial charge in [0.15, 0.2) is 5.78 Å². The smallest absolute Gasteiger partial charge is 0.269 e. The summed E-state index contributed by atoms with van der Waals surface area (Å²) >= 11 is 0. The largest absolute Gasteiger partial charge is 0.339 e. The minimum Gasteiger partial charge on any atom is -0.339 e. The molecule has 2 aromatic rings. The Morgan fingerprint density at radius 3 is 2.42 bits per heavy atom. The molecule has 0 aliphatic carbocycles. The van der Waals surface area contributed by atoms with Crippen LogP contribution in [0.2, 0.25) is 0 Å². The highest BCUT2D eigenvalue weighted by atomic mass is 19.1. The lowest BCUT2D eigenvalue weighted by molar-refractivity contribution is -0.384. The molecule has 0 saturated heterocycles. The molecule has 26 heavy (non-hydrogen) atoms. The minimum atomic E-state index is -0.487. The summed E-state index contributed by atoms with van der Waals surface area (Å²) in [5.74, 6) is -0.919. The maximum atomic E-state index is 12.9. The van der Waals surface area contributed by atoms with Crippen molar-refractivity contribution in [2.45, 2.75) is 25.8 Å². The Balaban J connectivity index is 1.98. The molecule has 0 bridgehead atoms. The van der Waals surface area contributed by atoms with Crippen molar-refractivity contribution in [1.82, 2.24) is 4.90 Å². The van der Waals surface area contributed by atoms with Gasteiger partial charge in [-0.2, -0.15) is 0 Å². The Morgan fingerprint density at radius 2 is 1.81 bits per heavy atom. The van der Waals surface area contributed by atoms with Gasteiger partial charge in [0.05, 0.1) is 11.0 Å². The highest BCUT2D eigenvalue weighted by Crippen LogP contribution is 2.23. The summed E-state index contributed by atoms with van der Waals surface area (Å²) in [5.41, 5.74) is 0.954. The van der Waals surface area contributed by atoms with Crippen LogP contribution < -0.4 is 0 Å². The van der Waals surface area contributed by atoms with E-state index >= 15 is 0 Å². The van der Waals surface area contributed by atoms with Crippen molar-refractivity contribution in [2.75, 3.05) is 7.05 Å². The molecule has 1 atom stereocenters. The average Bonchev–Trinajstić information content (AvgIpc) is 2.65. The van der Waals surface area contributed by atoms with Crippen LogP contribution in [0.1, 0.15) is 41.7 Å². The lowest BCUT2D eigenvalue weighted by Gasteiger charge is -2.25. The first kappa shape index (κ1) is 19.2. The lowest BCUT2D eigenvalue weighted by atomic mass is 10.0. The maximum Gasteiger partial charge on any atom is 0.269 e. The summed E-state index contributed by atoms with van der Waals surface area (Å²) in [6.45, 7) is 1.76. The third-order valence-electron chi connectivity index (χ3n) is 4.27. The quantitative estimate of drug-likeness (QED) is 0.427. The van der Waals surface area contributed by atoms with Gasteiger partial charge in [0.25, 0.3) is 5.69 Å². The summed E-state index contributed by atoms with van der Waals surface area (Å²) in [5, 5.41) is 10.9. The van der Waals surface area contributed by atoms with E-state index in [0.717, 1.165) is 0 Å². The fraction of sp³-hybridized carbons (Fsp3) is 0.263. The maximum absolute atomic E-state index is 12.9. The zero-order chi connectivity index (χ0) is 19.3. The molecule has 7 heteroatoms. The first-order chi connectivity index (χ1) is 12.3. The molecule has 0 N–H and O–H groups in total. The van der Waals surface area contributed by atoms with E-state index in [4.69, 9.17) is 0 Å². The molecule has 0 unspecified atom stereocenters. The van der Waals surface area contributed by atoms with Crippen LogP contribution in [0, 0.1) is 15.9 Å². The lowest BCUT2D eigenvalue weighted by Crippen LogP contribution is -2.29. The number of rotatable bonds is 7. The number of amides is 1. The van der Waals surface area contributed by atoms with Gasteiger partial charge in [-0.25, -0.2) is 4.39 Å². The Labute approximate surface area is 150 Å². The summed E-state index contributed by atoms with van der Waals surface area (Å²) in [6, 6.07) is 10.9. The predicted molar refractivity (Wildman–Crippen MR) is 94.2 cm³/mol. The van der Waals surface area contributed by atoms with Crippen LogP contribution in [0.5, 0.6) is 0 Å². The topological polar surface area (TPSA) is 80.5 Å². The van der Waals surface area contributed by atoms with Crippen molar-refractivity contribution in [3.05, 3.63) is 75.6 Å². The van der Waals surface area contributed by atoms with Crippen molar-refractivity contribution in [3.63, 3.8) is 0 Å². The molecular formula is C19H19FN2O4. The fourth-order valence-electron chi connectivity index (χ4n) is 2.51. The number of nitrogens with zero attached hydrogens (tertiary/aromatic N) is 2. The van der Waals surface area contributed by atoms with Gasteiger partial charge in [-0.05, 0) is 36.8 Å². The molecule has 0 heterocycles. The van der Waals surface area contributed by atoms with Gasteiger partial charge < -0.3 is 4.90 Å². The number of carbonyl (C=O) groups excluding carboxylic acids is 2. The number of hydrogen-bond acceptors (Lipinski definition) is 4. The Morgan fingerprint density at radius 1 is 1.15 bits per heavy atom. The number of halogens is 1. The monoisotopic (exact) mass is 358 g/mol. The zero-order valence-electron chi connectivity index (χ0n) is 14.5. The Kier molecular flexibility index (Phi) is 6.16. The van der Waals surface area contributed by atoms with E-state index in [1.54, 1.807) is 26.1 Å². The minimum absolute atomic E-state index is 0.00593. The van der Waals surface area contributed by atoms with Gasteiger partial charge in [-0.3, -0.25) is 19.7 Å². The summed E-state index contributed by atoms with van der Waals surface area (Å²) in [4.78, 5) is 36.3. The van der Waals surface area contributed by atoms with Gasteiger partial charge in [0.2, 0.25) is 5.91 Å². The molecule has 6 nitrogen and oxygen atoms in total. The van der Waals surface area contributed by atoms with Crippen molar-refractivity contribution in [1.29, 1.82) is 0 Å². The molecule has 0 aliphatic heterocycles. The number of benzene rings is 2. The average molecular weight is 358 g/mol. The summed E-state index contributed by atoms with van der Waals surface area (Å²) in [6.07, 6.45) is 0.0163. The SMILES string of the molecule is C[C@@H](c1cccc([N+](=O)[O-])c1)N(C)C(=O)CCC(=O)c1ccc(F)cc1. The van der Waals surface area contributed by atoms with Crippen molar-refractivity contribution < 1.29 is 18.9 Å². The highest BCUT2D eigenvalue weighted by molar-refractivity contribution is 5.97. The van der Waals surface area contributed by atoms with Gasteiger partial charge in [-0.15, -0.1) is 0 Å². The summed E-state index contributed by atoms with van der Waals surface area (Å²) in [7, 11) is 1.59. The molecule has 0 aromatic heterocycles. The van der Waals surface area contributed by atoms with Gasteiger partial charge >= 0.3 is 0 Å². The molecule has 1 amide bonds. The second kappa shape index (κ2) is 8.33. The Hall–Kier alpha value is -3.09. The molecule has 0 radical (unpaired) electrons. The zero-order valence-corrected chi connectivity index (χ0v) is 14.5. The molecular weight excluding hydrogens is 339 g/mol. The second-order valence-electron chi connectivity index (χ2n) is 5.96. The van der Waals surface area contributed by atoms with E-state index in [2.05, 4.69) is 0 Å². The highest BCUT2D eigenvalue weighted by Gasteiger charge is 2.20. The number of carbonyl (C=O) groups is 2. The van der Waals surface area contributed by atoms with Crippen LogP contribution in [-0.4, -0.2) is 28.6 Å². The Bertz CT molecular complexity index is 821. The first-order valence-corrected chi connectivity index (χ1v) is 8.08. The third kappa shape index (κ3) is 4.72. The van der Waals surface area contributed by atoms with Crippen molar-refractivity contribution in [2.24, 2.45) is 0 Å². The summed E-state index contributed by atoms with van der Waals surface area (Å²) < 4.78 is 12.9. The number of hydrogen-bond donors (Lipinski definition) is 0. The van der Waals surface area contributed by atoms with Crippen LogP contribution >= 0.6 is 0 Å². The number of non-ortho nitro benzene ring substituents is 1. The normalized spacial score (nSPS) is 11.7. The molecule has 0 aliphatic rings. The fourth-order valence-corrected chi connectivity index (χ4v) is 2.51. The van der Waals surface area contributed by atoms with E-state index in [0.29, 0.717) is 11.1 Å². The third-order valence-corrected chi connectivity index (χ3v) is 4.27. The van der Waals surface area contributed by atoms with Gasteiger partial charge in [0.1, 0.15) is 5.82 Å². The standard InChI is InChI=1S/C19H19FN2O4/c1-13(15-4-3-5-17(12-15)22(25)26)21(2)19(24)11-10-18(23)14-6-8-16(20)9-7-14/h3-9,12-13H,10-11H2,1-2H3/t13-/m0/s1. The van der Waals surface area contributed by atoms with Crippen molar-refractivity contribution in [3.8, 4) is 0 Å². The van der Waals surface area contributed by atoms with Crippen LogP contribution in [0.4, 0.5) is 10.1 Å². The predicted octanol–water partition coefficient (Wildman–Crippen LogP) is 3.92. The number of ketones is 1. The van der Waals surface area contributed by atoms with E-state index < -0.39 is 10.7 Å². The van der Waals surface area contributed by atoms with Gasteiger partial charge in [-0.1, -0.05) is 12.1 Å². The molecule has 0 fully saturated rings. The van der Waals surface area contributed by atoms with Crippen molar-refractivity contribution >= 4 is 17.4 Å². The molecule has 2 aromatic carbocycles. The van der Waals surface area contributed by atoms with Crippen LogP contribution in [0.25, 0.3) is 0 Å². The van der Waals surface area contributed by atoms with Crippen LogP contribution in [0.15, 0.2) is 48.5 Å². The van der Waals surface area contributed by atoms with E-state index in [1.807, 2.05) is 0 Å². The first-order valence-electron chi connectivity index (χ1n) is 8.08. The van der Waals surface area contributed by atoms with E-state index in [9.17, 15) is 24.1 Å². The van der Waals surface area contributed by atoms with E-state index in [1.165, 1.54) is 41.3 Å². The molecule has 0 spiro atoms.